The Bertz CT molecular complexity index is 896. The Kier molecular flexibility index (Phi) is 2.76. The molecule has 1 spiro atoms. The highest BCUT2D eigenvalue weighted by Crippen LogP contribution is 2.56. The van der Waals surface area contributed by atoms with Crippen LogP contribution in [0.2, 0.25) is 0 Å². The summed E-state index contributed by atoms with van der Waals surface area (Å²) in [6, 6.07) is 11.2. The van der Waals surface area contributed by atoms with Gasteiger partial charge in [0.2, 0.25) is 0 Å². The second-order valence-corrected chi connectivity index (χ2v) is 8.24. The average molecular weight is 322 g/mol. The predicted octanol–water partition coefficient (Wildman–Crippen LogP) is 5.34. The molecule has 1 fully saturated rings. The summed E-state index contributed by atoms with van der Waals surface area (Å²) in [4.78, 5) is 5.77. The Morgan fingerprint density at radius 3 is 2.65 bits per heavy atom. The Morgan fingerprint density at radius 2 is 1.87 bits per heavy atom. The van der Waals surface area contributed by atoms with E-state index in [2.05, 4.69) is 60.0 Å². The SMILES string of the molecule is Cc1ccccc1N1Cc2sc3c(ccn3C)c2C12CCCC2. The van der Waals surface area contributed by atoms with Gasteiger partial charge in [0.25, 0.3) is 0 Å². The third kappa shape index (κ3) is 1.69. The highest BCUT2D eigenvalue weighted by molar-refractivity contribution is 7.19. The maximum absolute atomic E-state index is 2.73. The molecule has 1 aromatic carbocycles. The van der Waals surface area contributed by atoms with Crippen molar-refractivity contribution < 1.29 is 0 Å². The van der Waals surface area contributed by atoms with Crippen LogP contribution in [0.3, 0.4) is 0 Å². The minimum absolute atomic E-state index is 0.237. The van der Waals surface area contributed by atoms with Crippen molar-refractivity contribution in [3.63, 3.8) is 0 Å². The van der Waals surface area contributed by atoms with Gasteiger partial charge in [-0.25, -0.2) is 0 Å². The number of anilines is 1. The molecule has 2 aromatic heterocycles. The van der Waals surface area contributed by atoms with Crippen molar-refractivity contribution in [3.8, 4) is 0 Å². The van der Waals surface area contributed by atoms with E-state index in [1.165, 1.54) is 47.2 Å². The van der Waals surface area contributed by atoms with Gasteiger partial charge in [0.05, 0.1) is 12.1 Å². The first-order valence-electron chi connectivity index (χ1n) is 8.61. The summed E-state index contributed by atoms with van der Waals surface area (Å²) in [6.45, 7) is 3.34. The van der Waals surface area contributed by atoms with E-state index in [1.54, 1.807) is 10.4 Å². The summed E-state index contributed by atoms with van der Waals surface area (Å²) in [7, 11) is 2.18. The summed E-state index contributed by atoms with van der Waals surface area (Å²) in [5, 5.41) is 1.51. The lowest BCUT2D eigenvalue weighted by Gasteiger charge is -2.38. The van der Waals surface area contributed by atoms with E-state index in [-0.39, 0.29) is 5.54 Å². The molecule has 0 saturated heterocycles. The first-order chi connectivity index (χ1) is 11.2. The molecule has 0 atom stereocenters. The summed E-state index contributed by atoms with van der Waals surface area (Å²) < 4.78 is 2.29. The Labute approximate surface area is 141 Å². The number of aryl methyl sites for hydroxylation is 2. The van der Waals surface area contributed by atoms with Crippen LogP contribution >= 0.6 is 11.3 Å². The molecule has 5 rings (SSSR count). The summed E-state index contributed by atoms with van der Waals surface area (Å²) >= 11 is 2.01. The van der Waals surface area contributed by atoms with Crippen molar-refractivity contribution in [3.05, 3.63) is 52.5 Å². The minimum Gasteiger partial charge on any atom is -0.356 e. The van der Waals surface area contributed by atoms with Gasteiger partial charge in [-0.1, -0.05) is 31.0 Å². The van der Waals surface area contributed by atoms with Crippen molar-refractivity contribution in [1.82, 2.24) is 4.57 Å². The van der Waals surface area contributed by atoms with Gasteiger partial charge in [-0.15, -0.1) is 11.3 Å². The summed E-state index contributed by atoms with van der Waals surface area (Å²) in [5.41, 5.74) is 4.72. The highest BCUT2D eigenvalue weighted by atomic mass is 32.1. The van der Waals surface area contributed by atoms with Crippen LogP contribution in [-0.4, -0.2) is 4.57 Å². The summed E-state index contributed by atoms with van der Waals surface area (Å²) in [5.74, 6) is 0. The van der Waals surface area contributed by atoms with Gasteiger partial charge in [0.15, 0.2) is 0 Å². The second-order valence-electron chi connectivity index (χ2n) is 7.16. The molecule has 3 heteroatoms. The van der Waals surface area contributed by atoms with Gasteiger partial charge in [0, 0.05) is 34.8 Å². The number of para-hydroxylation sites is 1. The molecule has 3 heterocycles. The van der Waals surface area contributed by atoms with Crippen LogP contribution in [0, 0.1) is 6.92 Å². The molecule has 118 valence electrons. The first kappa shape index (κ1) is 13.7. The zero-order chi connectivity index (χ0) is 15.6. The molecule has 23 heavy (non-hydrogen) atoms. The molecular formula is C20H22N2S. The molecule has 1 aliphatic heterocycles. The van der Waals surface area contributed by atoms with Crippen LogP contribution in [0.15, 0.2) is 36.5 Å². The van der Waals surface area contributed by atoms with E-state index in [4.69, 9.17) is 0 Å². The van der Waals surface area contributed by atoms with Crippen molar-refractivity contribution in [1.29, 1.82) is 0 Å². The van der Waals surface area contributed by atoms with E-state index in [1.807, 2.05) is 11.3 Å². The van der Waals surface area contributed by atoms with Gasteiger partial charge < -0.3 is 9.47 Å². The smallest absolute Gasteiger partial charge is 0.103 e. The monoisotopic (exact) mass is 322 g/mol. The number of benzene rings is 1. The number of hydrogen-bond donors (Lipinski definition) is 0. The fourth-order valence-corrected chi connectivity index (χ4v) is 6.18. The third-order valence-corrected chi connectivity index (χ3v) is 7.19. The topological polar surface area (TPSA) is 8.17 Å². The van der Waals surface area contributed by atoms with Crippen molar-refractivity contribution >= 4 is 27.2 Å². The van der Waals surface area contributed by atoms with Crippen molar-refractivity contribution in [2.75, 3.05) is 4.90 Å². The van der Waals surface area contributed by atoms with E-state index < -0.39 is 0 Å². The lowest BCUT2D eigenvalue weighted by Crippen LogP contribution is -2.39. The largest absolute Gasteiger partial charge is 0.356 e. The molecule has 2 nitrogen and oxygen atoms in total. The number of fused-ring (bicyclic) bond motifs is 4. The second kappa shape index (κ2) is 4.64. The fourth-order valence-electron chi connectivity index (χ4n) is 4.86. The van der Waals surface area contributed by atoms with Gasteiger partial charge in [-0.2, -0.15) is 0 Å². The number of hydrogen-bond acceptors (Lipinski definition) is 2. The number of thiophene rings is 1. The molecule has 0 N–H and O–H groups in total. The molecule has 0 radical (unpaired) electrons. The van der Waals surface area contributed by atoms with E-state index in [0.29, 0.717) is 0 Å². The standard InChI is InChI=1S/C20H22N2S/c1-14-7-3-4-8-16(14)22-13-17-18(20(22)10-5-6-11-20)15-9-12-21(2)19(15)23-17/h3-4,7-9,12H,5-6,10-11,13H2,1-2H3. The summed E-state index contributed by atoms with van der Waals surface area (Å²) in [6.07, 6.45) is 7.53. The van der Waals surface area contributed by atoms with Crippen molar-refractivity contribution in [2.45, 2.75) is 44.7 Å². The maximum Gasteiger partial charge on any atom is 0.103 e. The molecule has 2 aliphatic rings. The van der Waals surface area contributed by atoms with Gasteiger partial charge in [0.1, 0.15) is 4.83 Å². The van der Waals surface area contributed by atoms with Gasteiger partial charge in [-0.05, 0) is 37.5 Å². The zero-order valence-corrected chi connectivity index (χ0v) is 14.6. The molecule has 0 amide bonds. The van der Waals surface area contributed by atoms with Gasteiger partial charge in [-0.3, -0.25) is 0 Å². The minimum atomic E-state index is 0.237. The lowest BCUT2D eigenvalue weighted by atomic mass is 9.88. The number of rotatable bonds is 1. The first-order valence-corrected chi connectivity index (χ1v) is 9.43. The predicted molar refractivity (Wildman–Crippen MR) is 98.3 cm³/mol. The van der Waals surface area contributed by atoms with Crippen LogP contribution < -0.4 is 4.90 Å². The lowest BCUT2D eigenvalue weighted by molar-refractivity contribution is 0.440. The highest BCUT2D eigenvalue weighted by Gasteiger charge is 2.49. The van der Waals surface area contributed by atoms with E-state index in [9.17, 15) is 0 Å². The Morgan fingerprint density at radius 1 is 1.09 bits per heavy atom. The van der Waals surface area contributed by atoms with E-state index >= 15 is 0 Å². The zero-order valence-electron chi connectivity index (χ0n) is 13.8. The van der Waals surface area contributed by atoms with Gasteiger partial charge >= 0.3 is 0 Å². The van der Waals surface area contributed by atoms with Crippen LogP contribution in [-0.2, 0) is 19.1 Å². The average Bonchev–Trinajstić information content (AvgIpc) is 3.27. The molecule has 1 saturated carbocycles. The Balaban J connectivity index is 1.75. The van der Waals surface area contributed by atoms with Crippen LogP contribution in [0.4, 0.5) is 5.69 Å². The Hall–Kier alpha value is -1.74. The molecule has 1 aliphatic carbocycles. The van der Waals surface area contributed by atoms with E-state index in [0.717, 1.165) is 6.54 Å². The molecule has 0 bridgehead atoms. The van der Waals surface area contributed by atoms with Crippen LogP contribution in [0.1, 0.15) is 41.7 Å². The van der Waals surface area contributed by atoms with Crippen LogP contribution in [0.5, 0.6) is 0 Å². The number of nitrogens with zero attached hydrogens (tertiary/aromatic N) is 2. The quantitative estimate of drug-likeness (QED) is 0.587. The molecule has 3 aromatic rings. The van der Waals surface area contributed by atoms with Crippen molar-refractivity contribution in [2.24, 2.45) is 7.05 Å². The maximum atomic E-state index is 2.73. The third-order valence-electron chi connectivity index (χ3n) is 5.90. The molecular weight excluding hydrogens is 300 g/mol. The van der Waals surface area contributed by atoms with Crippen LogP contribution in [0.25, 0.3) is 10.2 Å². The normalized spacial score (nSPS) is 19.1. The fraction of sp³-hybridized carbons (Fsp3) is 0.400. The molecule has 0 unspecified atom stereocenters. The number of aromatic nitrogens is 1.